The van der Waals surface area contributed by atoms with Gasteiger partial charge in [-0.05, 0) is 84.0 Å². The summed E-state index contributed by atoms with van der Waals surface area (Å²) >= 11 is 12.8. The van der Waals surface area contributed by atoms with Crippen LogP contribution >= 0.6 is 23.2 Å². The molecule has 7 heteroatoms. The molecule has 0 aliphatic rings. The molecule has 3 aromatic carbocycles. The number of carbonyl (C=O) groups is 2. The summed E-state index contributed by atoms with van der Waals surface area (Å²) in [6, 6.07) is 21.6. The number of rotatable bonds is 10. The Kier molecular flexibility index (Phi) is 9.03. The van der Waals surface area contributed by atoms with Gasteiger partial charge in [0.15, 0.2) is 0 Å². The molecule has 0 fully saturated rings. The molecule has 5 nitrogen and oxygen atoms in total. The summed E-state index contributed by atoms with van der Waals surface area (Å²) in [5.74, 6) is -1.14. The molecule has 1 amide bonds. The third kappa shape index (κ3) is 6.35. The number of nitrogens with zero attached hydrogens (tertiary/aromatic N) is 1. The number of carboxylic acid groups (broad SMARTS) is 1. The summed E-state index contributed by atoms with van der Waals surface area (Å²) in [5.41, 5.74) is 5.82. The van der Waals surface area contributed by atoms with E-state index in [0.717, 1.165) is 46.0 Å². The van der Waals surface area contributed by atoms with Crippen LogP contribution in [0.4, 0.5) is 0 Å². The fourth-order valence-corrected chi connectivity index (χ4v) is 5.48. The van der Waals surface area contributed by atoms with Crippen molar-refractivity contribution in [1.29, 1.82) is 0 Å². The van der Waals surface area contributed by atoms with Crippen molar-refractivity contribution in [3.05, 3.63) is 111 Å². The number of aryl methyl sites for hydroxylation is 1. The number of hydrogen-bond donors (Lipinski definition) is 2. The van der Waals surface area contributed by atoms with Crippen molar-refractivity contribution >= 4 is 46.0 Å². The van der Waals surface area contributed by atoms with Crippen LogP contribution in [0.15, 0.2) is 72.9 Å². The Morgan fingerprint density at radius 2 is 1.63 bits per heavy atom. The monoisotopic (exact) mass is 548 g/mol. The van der Waals surface area contributed by atoms with Crippen LogP contribution in [0.1, 0.15) is 70.6 Å². The first kappa shape index (κ1) is 27.6. The number of carboxylic acids is 1. The van der Waals surface area contributed by atoms with E-state index in [-0.39, 0.29) is 30.7 Å². The topological polar surface area (TPSA) is 79.3 Å². The minimum absolute atomic E-state index is 0.00849. The van der Waals surface area contributed by atoms with Gasteiger partial charge in [0.25, 0.3) is 5.91 Å². The second-order valence-electron chi connectivity index (χ2n) is 9.47. The molecule has 0 spiro atoms. The van der Waals surface area contributed by atoms with Crippen molar-refractivity contribution < 1.29 is 14.7 Å². The first-order valence-electron chi connectivity index (χ1n) is 12.7. The van der Waals surface area contributed by atoms with Gasteiger partial charge in [0.05, 0.1) is 11.9 Å². The van der Waals surface area contributed by atoms with Crippen LogP contribution in [0.5, 0.6) is 0 Å². The van der Waals surface area contributed by atoms with Crippen LogP contribution in [-0.4, -0.2) is 28.5 Å². The number of halogens is 2. The van der Waals surface area contributed by atoms with Gasteiger partial charge in [-0.3, -0.25) is 14.6 Å². The van der Waals surface area contributed by atoms with E-state index in [4.69, 9.17) is 28.3 Å². The number of nitrogens with one attached hydrogen (secondary N) is 1. The molecule has 196 valence electrons. The summed E-state index contributed by atoms with van der Waals surface area (Å²) in [6.45, 7) is 4.28. The molecule has 0 bridgehead atoms. The van der Waals surface area contributed by atoms with E-state index >= 15 is 0 Å². The molecular formula is C31H30Cl2N2O3. The molecule has 0 radical (unpaired) electrons. The molecule has 2 N–H and O–H groups in total. The van der Waals surface area contributed by atoms with E-state index in [1.165, 1.54) is 0 Å². The summed E-state index contributed by atoms with van der Waals surface area (Å²) in [4.78, 5) is 27.9. The number of aliphatic carboxylic acids is 1. The van der Waals surface area contributed by atoms with E-state index in [0.29, 0.717) is 15.6 Å². The molecule has 4 aromatic rings. The minimum Gasteiger partial charge on any atom is -0.481 e. The van der Waals surface area contributed by atoms with Gasteiger partial charge < -0.3 is 10.4 Å². The second-order valence-corrected chi connectivity index (χ2v) is 10.3. The molecule has 1 aromatic heterocycles. The van der Waals surface area contributed by atoms with Crippen molar-refractivity contribution in [2.45, 2.75) is 44.9 Å². The maximum Gasteiger partial charge on any atom is 0.305 e. The average Bonchev–Trinajstić information content (AvgIpc) is 2.89. The third-order valence-electron chi connectivity index (χ3n) is 6.83. The highest BCUT2D eigenvalue weighted by atomic mass is 35.5. The van der Waals surface area contributed by atoms with Gasteiger partial charge in [-0.2, -0.15) is 0 Å². The average molecular weight is 549 g/mol. The summed E-state index contributed by atoms with van der Waals surface area (Å²) in [6.07, 6.45) is 3.62. The number of aromatic nitrogens is 1. The smallest absolute Gasteiger partial charge is 0.305 e. The third-order valence-corrected chi connectivity index (χ3v) is 7.30. The van der Waals surface area contributed by atoms with Crippen molar-refractivity contribution in [2.24, 2.45) is 0 Å². The Bertz CT molecular complexity index is 1440. The predicted molar refractivity (Wildman–Crippen MR) is 153 cm³/mol. The van der Waals surface area contributed by atoms with Gasteiger partial charge in [-0.15, -0.1) is 0 Å². The number of pyridine rings is 1. The number of fused-ring (bicyclic) bond motifs is 1. The van der Waals surface area contributed by atoms with Gasteiger partial charge in [0, 0.05) is 39.7 Å². The van der Waals surface area contributed by atoms with Crippen LogP contribution in [0, 0.1) is 6.92 Å². The normalized spacial score (nSPS) is 12.7. The molecule has 4 rings (SSSR count). The largest absolute Gasteiger partial charge is 0.481 e. The lowest BCUT2D eigenvalue weighted by Crippen LogP contribution is -2.26. The molecule has 0 aliphatic carbocycles. The van der Waals surface area contributed by atoms with E-state index < -0.39 is 5.97 Å². The molecular weight excluding hydrogens is 519 g/mol. The number of carbonyl (C=O) groups excluding carboxylic acids is 1. The fourth-order valence-electron chi connectivity index (χ4n) is 5.08. The highest BCUT2D eigenvalue weighted by Gasteiger charge is 2.28. The Balaban J connectivity index is 1.79. The highest BCUT2D eigenvalue weighted by Crippen LogP contribution is 2.44. The lowest BCUT2D eigenvalue weighted by Gasteiger charge is -2.30. The van der Waals surface area contributed by atoms with Gasteiger partial charge in [-0.1, -0.05) is 60.8 Å². The van der Waals surface area contributed by atoms with Gasteiger partial charge in [0.2, 0.25) is 0 Å². The van der Waals surface area contributed by atoms with E-state index in [9.17, 15) is 9.59 Å². The second kappa shape index (κ2) is 12.4. The number of benzene rings is 3. The molecule has 0 aliphatic heterocycles. The predicted octanol–water partition coefficient (Wildman–Crippen LogP) is 7.77. The minimum atomic E-state index is -0.948. The maximum absolute atomic E-state index is 12.5. The SMILES string of the molecule is CCC[C@H](c1ccc(C(=O)NCCC(=O)O)cc1)C(c1ccc(Cl)cc1)c1ccnc2c(C)cc(Cl)cc12. The number of amides is 1. The maximum atomic E-state index is 12.5. The summed E-state index contributed by atoms with van der Waals surface area (Å²) in [5, 5.41) is 13.9. The highest BCUT2D eigenvalue weighted by molar-refractivity contribution is 6.31. The Morgan fingerprint density at radius 1 is 0.947 bits per heavy atom. The van der Waals surface area contributed by atoms with Crippen molar-refractivity contribution in [1.82, 2.24) is 10.3 Å². The van der Waals surface area contributed by atoms with Crippen LogP contribution in [0.3, 0.4) is 0 Å². The quantitative estimate of drug-likeness (QED) is 0.212. The zero-order valence-electron chi connectivity index (χ0n) is 21.4. The first-order valence-corrected chi connectivity index (χ1v) is 13.4. The molecule has 0 saturated carbocycles. The van der Waals surface area contributed by atoms with E-state index in [1.54, 1.807) is 12.1 Å². The molecule has 2 atom stereocenters. The Morgan fingerprint density at radius 3 is 2.29 bits per heavy atom. The molecule has 1 heterocycles. The summed E-state index contributed by atoms with van der Waals surface area (Å²) < 4.78 is 0. The van der Waals surface area contributed by atoms with Gasteiger partial charge in [-0.25, -0.2) is 0 Å². The lowest BCUT2D eigenvalue weighted by atomic mass is 9.74. The lowest BCUT2D eigenvalue weighted by molar-refractivity contribution is -0.136. The Labute approximate surface area is 232 Å². The summed E-state index contributed by atoms with van der Waals surface area (Å²) in [7, 11) is 0. The Hall–Kier alpha value is -3.41. The van der Waals surface area contributed by atoms with Gasteiger partial charge in [0.1, 0.15) is 0 Å². The van der Waals surface area contributed by atoms with Crippen molar-refractivity contribution in [3.8, 4) is 0 Å². The molecule has 38 heavy (non-hydrogen) atoms. The van der Waals surface area contributed by atoms with Crippen LogP contribution < -0.4 is 5.32 Å². The zero-order valence-corrected chi connectivity index (χ0v) is 22.9. The standard InChI is InChI=1S/C31H30Cl2N2O3/c1-3-4-25(20-5-7-22(8-6-20)31(38)35-16-14-28(36)37)29(21-9-11-23(32)12-10-21)26-13-15-34-30-19(2)17-24(33)18-27(26)30/h5-13,15,17-18,25,29H,3-4,14,16H2,1-2H3,(H,35,38)(H,36,37)/t25-,29?/m1/s1. The van der Waals surface area contributed by atoms with Crippen molar-refractivity contribution in [2.75, 3.05) is 6.54 Å². The van der Waals surface area contributed by atoms with E-state index in [2.05, 4.69) is 35.4 Å². The van der Waals surface area contributed by atoms with Crippen molar-refractivity contribution in [3.63, 3.8) is 0 Å². The van der Waals surface area contributed by atoms with Crippen LogP contribution in [0.2, 0.25) is 10.0 Å². The van der Waals surface area contributed by atoms with Crippen LogP contribution in [0.25, 0.3) is 10.9 Å². The molecule has 0 saturated heterocycles. The van der Waals surface area contributed by atoms with Crippen LogP contribution in [-0.2, 0) is 4.79 Å². The number of hydrogen-bond acceptors (Lipinski definition) is 3. The first-order chi connectivity index (χ1) is 18.3. The van der Waals surface area contributed by atoms with E-state index in [1.807, 2.05) is 49.5 Å². The zero-order chi connectivity index (χ0) is 27.2. The van der Waals surface area contributed by atoms with Gasteiger partial charge >= 0.3 is 5.97 Å². The fraction of sp³-hybridized carbons (Fsp3) is 0.258. The molecule has 1 unspecified atom stereocenters.